The van der Waals surface area contributed by atoms with Gasteiger partial charge in [-0.1, -0.05) is 94.4 Å². The zero-order valence-corrected chi connectivity index (χ0v) is 19.7. The molecule has 0 aliphatic heterocycles. The first-order valence-corrected chi connectivity index (χ1v) is 11.8. The van der Waals surface area contributed by atoms with Gasteiger partial charge in [0.15, 0.2) is 0 Å². The summed E-state index contributed by atoms with van der Waals surface area (Å²) in [5.74, 6) is 0. The SMILES string of the molecule is CCCCCCc1cccc(C2(C)c3cc(Br)ccc3-c3ccc(Br)cc32)c1. The summed E-state index contributed by atoms with van der Waals surface area (Å²) in [7, 11) is 0. The number of rotatable bonds is 6. The molecule has 0 amide bonds. The van der Waals surface area contributed by atoms with Gasteiger partial charge in [-0.15, -0.1) is 0 Å². The van der Waals surface area contributed by atoms with Crippen molar-refractivity contribution in [2.45, 2.75) is 51.4 Å². The Balaban J connectivity index is 1.81. The van der Waals surface area contributed by atoms with E-state index in [9.17, 15) is 0 Å². The van der Waals surface area contributed by atoms with Gasteiger partial charge in [-0.2, -0.15) is 0 Å². The number of fused-ring (bicyclic) bond motifs is 3. The lowest BCUT2D eigenvalue weighted by Crippen LogP contribution is -2.22. The first kappa shape index (κ1) is 19.9. The quantitative estimate of drug-likeness (QED) is 0.299. The third-order valence-corrected chi connectivity index (χ3v) is 7.14. The van der Waals surface area contributed by atoms with Crippen molar-refractivity contribution < 1.29 is 0 Å². The summed E-state index contributed by atoms with van der Waals surface area (Å²) in [4.78, 5) is 0. The highest BCUT2D eigenvalue weighted by atomic mass is 79.9. The van der Waals surface area contributed by atoms with Crippen LogP contribution in [0.5, 0.6) is 0 Å². The zero-order chi connectivity index (χ0) is 19.7. The average Bonchev–Trinajstić information content (AvgIpc) is 2.94. The summed E-state index contributed by atoms with van der Waals surface area (Å²) in [6.07, 6.45) is 6.39. The Hall–Kier alpha value is -1.38. The van der Waals surface area contributed by atoms with Crippen molar-refractivity contribution in [2.24, 2.45) is 0 Å². The van der Waals surface area contributed by atoms with E-state index < -0.39 is 0 Å². The second kappa shape index (κ2) is 8.16. The molecule has 0 heterocycles. The van der Waals surface area contributed by atoms with Crippen molar-refractivity contribution in [3.8, 4) is 11.1 Å². The highest BCUT2D eigenvalue weighted by Gasteiger charge is 2.41. The summed E-state index contributed by atoms with van der Waals surface area (Å²) >= 11 is 7.40. The third-order valence-electron chi connectivity index (χ3n) is 6.15. The van der Waals surface area contributed by atoms with Crippen LogP contribution in [0.2, 0.25) is 0 Å². The van der Waals surface area contributed by atoms with Gasteiger partial charge in [0.25, 0.3) is 0 Å². The molecule has 28 heavy (non-hydrogen) atoms. The molecule has 2 heteroatoms. The smallest absolute Gasteiger partial charge is 0.0436 e. The second-order valence-electron chi connectivity index (χ2n) is 8.02. The topological polar surface area (TPSA) is 0 Å². The van der Waals surface area contributed by atoms with Gasteiger partial charge < -0.3 is 0 Å². The molecule has 0 fully saturated rings. The van der Waals surface area contributed by atoms with Crippen LogP contribution in [0.3, 0.4) is 0 Å². The van der Waals surface area contributed by atoms with Crippen molar-refractivity contribution in [3.63, 3.8) is 0 Å². The van der Waals surface area contributed by atoms with Crippen molar-refractivity contribution in [3.05, 3.63) is 91.9 Å². The van der Waals surface area contributed by atoms with Gasteiger partial charge in [0, 0.05) is 14.4 Å². The second-order valence-corrected chi connectivity index (χ2v) is 9.85. The number of benzene rings is 3. The normalized spacial score (nSPS) is 14.0. The van der Waals surface area contributed by atoms with E-state index in [2.05, 4.69) is 106 Å². The number of hydrogen-bond acceptors (Lipinski definition) is 0. The van der Waals surface area contributed by atoms with Crippen LogP contribution in [-0.2, 0) is 11.8 Å². The van der Waals surface area contributed by atoms with E-state index in [4.69, 9.17) is 0 Å². The molecule has 0 unspecified atom stereocenters. The van der Waals surface area contributed by atoms with Crippen molar-refractivity contribution in [2.75, 3.05) is 0 Å². The van der Waals surface area contributed by atoms with E-state index in [0.717, 1.165) is 8.95 Å². The number of hydrogen-bond donors (Lipinski definition) is 0. The third kappa shape index (κ3) is 3.50. The standard InChI is InChI=1S/C26H26Br2/c1-3-4-5-6-8-18-9-7-10-19(15-18)26(2)24-16-20(27)11-13-22(24)23-14-12-21(28)17-25(23)26/h7,9-17H,3-6,8H2,1-2H3. The Labute approximate surface area is 185 Å². The molecular formula is C26H26Br2. The first-order valence-electron chi connectivity index (χ1n) is 10.2. The minimum Gasteiger partial charge on any atom is -0.0654 e. The van der Waals surface area contributed by atoms with E-state index >= 15 is 0 Å². The highest BCUT2D eigenvalue weighted by Crippen LogP contribution is 2.53. The molecule has 4 rings (SSSR count). The van der Waals surface area contributed by atoms with Crippen LogP contribution in [0.25, 0.3) is 11.1 Å². The maximum atomic E-state index is 3.70. The molecule has 0 N–H and O–H groups in total. The summed E-state index contributed by atoms with van der Waals surface area (Å²) < 4.78 is 2.28. The molecule has 1 aliphatic carbocycles. The first-order chi connectivity index (χ1) is 13.5. The van der Waals surface area contributed by atoms with Gasteiger partial charge >= 0.3 is 0 Å². The maximum Gasteiger partial charge on any atom is 0.0436 e. The lowest BCUT2D eigenvalue weighted by atomic mass is 9.74. The van der Waals surface area contributed by atoms with Gasteiger partial charge in [-0.3, -0.25) is 0 Å². The molecule has 0 aromatic heterocycles. The summed E-state index contributed by atoms with van der Waals surface area (Å²) in [5, 5.41) is 0. The molecule has 0 nitrogen and oxygen atoms in total. The fourth-order valence-electron chi connectivity index (χ4n) is 4.58. The average molecular weight is 498 g/mol. The predicted octanol–water partition coefficient (Wildman–Crippen LogP) is 8.67. The van der Waals surface area contributed by atoms with Crippen LogP contribution in [0, 0.1) is 0 Å². The molecule has 0 spiro atoms. The van der Waals surface area contributed by atoms with Crippen LogP contribution in [0.4, 0.5) is 0 Å². The minimum atomic E-state index is -0.141. The largest absolute Gasteiger partial charge is 0.0654 e. The molecule has 3 aromatic rings. The molecule has 0 saturated carbocycles. The minimum absolute atomic E-state index is 0.141. The Morgan fingerprint density at radius 3 is 2.00 bits per heavy atom. The van der Waals surface area contributed by atoms with E-state index in [0.29, 0.717) is 0 Å². The molecular weight excluding hydrogens is 472 g/mol. The van der Waals surface area contributed by atoms with E-state index in [1.807, 2.05) is 0 Å². The number of halogens is 2. The van der Waals surface area contributed by atoms with Gasteiger partial charge in [0.1, 0.15) is 0 Å². The van der Waals surface area contributed by atoms with Crippen LogP contribution in [0.1, 0.15) is 61.8 Å². The van der Waals surface area contributed by atoms with Crippen molar-refractivity contribution in [1.82, 2.24) is 0 Å². The Morgan fingerprint density at radius 1 is 0.750 bits per heavy atom. The van der Waals surface area contributed by atoms with E-state index in [-0.39, 0.29) is 5.41 Å². The Bertz CT molecular complexity index is 952. The van der Waals surface area contributed by atoms with Crippen LogP contribution < -0.4 is 0 Å². The molecule has 0 radical (unpaired) electrons. The monoisotopic (exact) mass is 496 g/mol. The van der Waals surface area contributed by atoms with Gasteiger partial charge in [-0.25, -0.2) is 0 Å². The fraction of sp³-hybridized carbons (Fsp3) is 0.308. The lowest BCUT2D eigenvalue weighted by molar-refractivity contribution is 0.664. The van der Waals surface area contributed by atoms with E-state index in [1.165, 1.54) is 65.5 Å². The van der Waals surface area contributed by atoms with Crippen LogP contribution in [-0.4, -0.2) is 0 Å². The Kier molecular flexibility index (Phi) is 5.81. The molecule has 1 aliphatic rings. The van der Waals surface area contributed by atoms with Crippen LogP contribution in [0.15, 0.2) is 69.6 Å². The van der Waals surface area contributed by atoms with Gasteiger partial charge in [0.2, 0.25) is 0 Å². The maximum absolute atomic E-state index is 3.70. The Morgan fingerprint density at radius 2 is 1.39 bits per heavy atom. The summed E-state index contributed by atoms with van der Waals surface area (Å²) in [5.41, 5.74) is 8.17. The predicted molar refractivity (Wildman–Crippen MR) is 127 cm³/mol. The molecule has 0 saturated heterocycles. The van der Waals surface area contributed by atoms with Gasteiger partial charge in [-0.05, 0) is 77.4 Å². The number of unbranched alkanes of at least 4 members (excludes halogenated alkanes) is 3. The van der Waals surface area contributed by atoms with Crippen molar-refractivity contribution >= 4 is 31.9 Å². The number of aryl methyl sites for hydroxylation is 1. The van der Waals surface area contributed by atoms with Crippen molar-refractivity contribution in [1.29, 1.82) is 0 Å². The van der Waals surface area contributed by atoms with Gasteiger partial charge in [0.05, 0.1) is 0 Å². The molecule has 144 valence electrons. The summed E-state index contributed by atoms with van der Waals surface area (Å²) in [6.45, 7) is 4.65. The molecule has 0 atom stereocenters. The molecule has 3 aromatic carbocycles. The zero-order valence-electron chi connectivity index (χ0n) is 16.6. The van der Waals surface area contributed by atoms with Crippen LogP contribution >= 0.6 is 31.9 Å². The summed E-state index contributed by atoms with van der Waals surface area (Å²) in [6, 6.07) is 22.7. The highest BCUT2D eigenvalue weighted by molar-refractivity contribution is 9.10. The lowest BCUT2D eigenvalue weighted by Gasteiger charge is -2.29. The van der Waals surface area contributed by atoms with E-state index in [1.54, 1.807) is 0 Å². The fourth-order valence-corrected chi connectivity index (χ4v) is 5.30. The molecule has 0 bridgehead atoms.